The molecular formula is C16H20O4. The van der Waals surface area contributed by atoms with Crippen LogP contribution in [0.5, 0.6) is 11.5 Å². The quantitative estimate of drug-likeness (QED) is 0.921. The first kappa shape index (κ1) is 13.3. The molecule has 2 aliphatic rings. The van der Waals surface area contributed by atoms with Gasteiger partial charge in [-0.1, -0.05) is 13.8 Å². The molecule has 1 aromatic rings. The van der Waals surface area contributed by atoms with Crippen LogP contribution >= 0.6 is 0 Å². The van der Waals surface area contributed by atoms with Gasteiger partial charge >= 0.3 is 5.97 Å². The van der Waals surface area contributed by atoms with Crippen molar-refractivity contribution >= 4 is 5.97 Å². The van der Waals surface area contributed by atoms with Crippen LogP contribution in [0, 0.1) is 0 Å². The molecule has 1 fully saturated rings. The Morgan fingerprint density at radius 3 is 2.30 bits per heavy atom. The molecule has 4 heteroatoms. The highest BCUT2D eigenvalue weighted by molar-refractivity contribution is 5.86. The number of hydrogen-bond donors (Lipinski definition) is 1. The summed E-state index contributed by atoms with van der Waals surface area (Å²) in [4.78, 5) is 11.6. The van der Waals surface area contributed by atoms with Crippen molar-refractivity contribution in [3.8, 4) is 11.5 Å². The number of ether oxygens (including phenoxy) is 2. The number of benzene rings is 1. The van der Waals surface area contributed by atoms with Crippen LogP contribution in [-0.4, -0.2) is 24.3 Å². The Morgan fingerprint density at radius 1 is 1.20 bits per heavy atom. The fourth-order valence-electron chi connectivity index (χ4n) is 2.84. The summed E-state index contributed by atoms with van der Waals surface area (Å²) in [7, 11) is 0. The Labute approximate surface area is 118 Å². The minimum Gasteiger partial charge on any atom is -0.490 e. The van der Waals surface area contributed by atoms with Gasteiger partial charge in [0, 0.05) is 6.42 Å². The Bertz CT molecular complexity index is 544. The molecule has 108 valence electrons. The number of carboxylic acids is 1. The molecule has 0 amide bonds. The molecule has 20 heavy (non-hydrogen) atoms. The SMILES string of the molecule is CC(C)c1cc2c(cc1C1(C(=O)O)CC1)OCCCO2. The van der Waals surface area contributed by atoms with E-state index in [0.717, 1.165) is 23.3 Å². The molecule has 1 aliphatic carbocycles. The summed E-state index contributed by atoms with van der Waals surface area (Å²) in [5.74, 6) is 0.971. The van der Waals surface area contributed by atoms with Crippen LogP contribution in [0.3, 0.4) is 0 Å². The predicted molar refractivity (Wildman–Crippen MR) is 74.7 cm³/mol. The fourth-order valence-corrected chi connectivity index (χ4v) is 2.84. The largest absolute Gasteiger partial charge is 0.490 e. The summed E-state index contributed by atoms with van der Waals surface area (Å²) < 4.78 is 11.4. The van der Waals surface area contributed by atoms with Crippen LogP contribution < -0.4 is 9.47 Å². The first-order valence-electron chi connectivity index (χ1n) is 7.22. The molecule has 0 aromatic heterocycles. The van der Waals surface area contributed by atoms with Crippen LogP contribution in [-0.2, 0) is 10.2 Å². The van der Waals surface area contributed by atoms with E-state index in [2.05, 4.69) is 13.8 Å². The molecule has 4 nitrogen and oxygen atoms in total. The third-order valence-electron chi connectivity index (χ3n) is 4.22. The second-order valence-electron chi connectivity index (χ2n) is 5.98. The highest BCUT2D eigenvalue weighted by atomic mass is 16.5. The molecule has 0 bridgehead atoms. The zero-order valence-electron chi connectivity index (χ0n) is 11.9. The normalized spacial score (nSPS) is 19.6. The number of rotatable bonds is 3. The summed E-state index contributed by atoms with van der Waals surface area (Å²) in [6, 6.07) is 3.88. The lowest BCUT2D eigenvalue weighted by Crippen LogP contribution is -2.22. The first-order valence-corrected chi connectivity index (χ1v) is 7.22. The van der Waals surface area contributed by atoms with E-state index < -0.39 is 11.4 Å². The molecule has 1 aromatic carbocycles. The third-order valence-corrected chi connectivity index (χ3v) is 4.22. The molecular weight excluding hydrogens is 256 g/mol. The smallest absolute Gasteiger partial charge is 0.314 e. The Kier molecular flexibility index (Phi) is 3.11. The van der Waals surface area contributed by atoms with E-state index in [1.165, 1.54) is 0 Å². The molecule has 1 aliphatic heterocycles. The lowest BCUT2D eigenvalue weighted by molar-refractivity contribution is -0.140. The maximum Gasteiger partial charge on any atom is 0.314 e. The van der Waals surface area contributed by atoms with Crippen molar-refractivity contribution in [2.24, 2.45) is 0 Å². The topological polar surface area (TPSA) is 55.8 Å². The van der Waals surface area contributed by atoms with Gasteiger partial charge in [0.15, 0.2) is 11.5 Å². The molecule has 0 saturated heterocycles. The number of carbonyl (C=O) groups is 1. The molecule has 0 atom stereocenters. The second-order valence-corrected chi connectivity index (χ2v) is 5.98. The third kappa shape index (κ3) is 2.03. The van der Waals surface area contributed by atoms with Crippen LogP contribution in [0.25, 0.3) is 0 Å². The van der Waals surface area contributed by atoms with Crippen molar-refractivity contribution in [2.45, 2.75) is 44.4 Å². The van der Waals surface area contributed by atoms with E-state index >= 15 is 0 Å². The monoisotopic (exact) mass is 276 g/mol. The molecule has 0 unspecified atom stereocenters. The highest BCUT2D eigenvalue weighted by Crippen LogP contribution is 2.52. The van der Waals surface area contributed by atoms with E-state index in [1.54, 1.807) is 0 Å². The average molecular weight is 276 g/mol. The van der Waals surface area contributed by atoms with E-state index in [-0.39, 0.29) is 5.92 Å². The van der Waals surface area contributed by atoms with Crippen LogP contribution in [0.15, 0.2) is 12.1 Å². The molecule has 1 saturated carbocycles. The zero-order chi connectivity index (χ0) is 14.3. The maximum atomic E-state index is 11.6. The van der Waals surface area contributed by atoms with E-state index in [1.807, 2.05) is 12.1 Å². The summed E-state index contributed by atoms with van der Waals surface area (Å²) in [6.07, 6.45) is 2.27. The van der Waals surface area contributed by atoms with Gasteiger partial charge in [-0.15, -0.1) is 0 Å². The first-order chi connectivity index (χ1) is 9.54. The van der Waals surface area contributed by atoms with Gasteiger partial charge in [-0.3, -0.25) is 4.79 Å². The molecule has 3 rings (SSSR count). The number of fused-ring (bicyclic) bond motifs is 1. The molecule has 0 spiro atoms. The lowest BCUT2D eigenvalue weighted by Gasteiger charge is -2.21. The average Bonchev–Trinajstić information content (AvgIpc) is 3.21. The van der Waals surface area contributed by atoms with Crippen molar-refractivity contribution in [1.29, 1.82) is 0 Å². The van der Waals surface area contributed by atoms with Crippen molar-refractivity contribution in [3.05, 3.63) is 23.3 Å². The van der Waals surface area contributed by atoms with Crippen molar-refractivity contribution in [1.82, 2.24) is 0 Å². The summed E-state index contributed by atoms with van der Waals surface area (Å²) >= 11 is 0. The molecule has 1 heterocycles. The van der Waals surface area contributed by atoms with Gasteiger partial charge in [-0.2, -0.15) is 0 Å². The van der Waals surface area contributed by atoms with Crippen molar-refractivity contribution in [3.63, 3.8) is 0 Å². The van der Waals surface area contributed by atoms with E-state index in [4.69, 9.17) is 9.47 Å². The number of aliphatic carboxylic acids is 1. The minimum atomic E-state index is -0.728. The van der Waals surface area contributed by atoms with Gasteiger partial charge in [0.1, 0.15) is 0 Å². The number of carboxylic acid groups (broad SMARTS) is 1. The zero-order valence-corrected chi connectivity index (χ0v) is 11.9. The standard InChI is InChI=1S/C16H20O4/c1-10(2)11-8-13-14(20-7-3-6-19-13)9-12(11)16(4-5-16)15(17)18/h8-10H,3-7H2,1-2H3,(H,17,18). The van der Waals surface area contributed by atoms with Crippen molar-refractivity contribution < 1.29 is 19.4 Å². The van der Waals surface area contributed by atoms with Gasteiger partial charge in [0.25, 0.3) is 0 Å². The lowest BCUT2D eigenvalue weighted by atomic mass is 9.86. The molecule has 0 radical (unpaired) electrons. The second kappa shape index (κ2) is 4.69. The summed E-state index contributed by atoms with van der Waals surface area (Å²) in [6.45, 7) is 5.43. The van der Waals surface area contributed by atoms with Gasteiger partial charge in [0.05, 0.1) is 18.6 Å². The van der Waals surface area contributed by atoms with Gasteiger partial charge < -0.3 is 14.6 Å². The minimum absolute atomic E-state index is 0.263. The van der Waals surface area contributed by atoms with Crippen molar-refractivity contribution in [2.75, 3.05) is 13.2 Å². The summed E-state index contributed by atoms with van der Waals surface area (Å²) in [5.41, 5.74) is 1.27. The van der Waals surface area contributed by atoms with Crippen LogP contribution in [0.2, 0.25) is 0 Å². The maximum absolute atomic E-state index is 11.6. The van der Waals surface area contributed by atoms with Gasteiger partial charge in [-0.05, 0) is 42.0 Å². The Hall–Kier alpha value is -1.71. The fraction of sp³-hybridized carbons (Fsp3) is 0.562. The van der Waals surface area contributed by atoms with E-state index in [0.29, 0.717) is 31.8 Å². The van der Waals surface area contributed by atoms with Crippen LogP contribution in [0.4, 0.5) is 0 Å². The highest BCUT2D eigenvalue weighted by Gasteiger charge is 2.53. The van der Waals surface area contributed by atoms with E-state index in [9.17, 15) is 9.90 Å². The predicted octanol–water partition coefficient (Wildman–Crippen LogP) is 3.09. The van der Waals surface area contributed by atoms with Gasteiger partial charge in [0.2, 0.25) is 0 Å². The summed E-state index contributed by atoms with van der Waals surface area (Å²) in [5, 5.41) is 9.55. The van der Waals surface area contributed by atoms with Crippen LogP contribution in [0.1, 0.15) is 50.2 Å². The molecule has 1 N–H and O–H groups in total. The van der Waals surface area contributed by atoms with Gasteiger partial charge in [-0.25, -0.2) is 0 Å². The Morgan fingerprint density at radius 2 is 1.80 bits per heavy atom. The Balaban J connectivity index is 2.13. The number of hydrogen-bond acceptors (Lipinski definition) is 3.